The largest absolute Gasteiger partial charge is 0.768 e. The quantitative estimate of drug-likeness (QED) is 0.343. The van der Waals surface area contributed by atoms with Crippen LogP contribution in [0.1, 0.15) is 56.7 Å². The van der Waals surface area contributed by atoms with Gasteiger partial charge in [-0.3, -0.25) is 13.6 Å². The van der Waals surface area contributed by atoms with Gasteiger partial charge in [0.1, 0.15) is 11.5 Å². The number of phenols is 2. The van der Waals surface area contributed by atoms with E-state index < -0.39 is 17.0 Å². The molecule has 10 nitrogen and oxygen atoms in total. The number of amides is 1. The monoisotopic (exact) mass is 502 g/mol. The van der Waals surface area contributed by atoms with Gasteiger partial charge in [0.2, 0.25) is 5.82 Å². The zero-order valence-electron chi connectivity index (χ0n) is 20.5. The molecule has 0 aliphatic carbocycles. The van der Waals surface area contributed by atoms with Crippen molar-refractivity contribution in [2.75, 3.05) is 19.6 Å². The van der Waals surface area contributed by atoms with Crippen LogP contribution in [0.15, 0.2) is 41.3 Å². The van der Waals surface area contributed by atoms with Gasteiger partial charge in [-0.25, -0.2) is 0 Å². The molecule has 2 aromatic carbocycles. The van der Waals surface area contributed by atoms with Crippen LogP contribution in [0, 0.1) is 0 Å². The van der Waals surface area contributed by atoms with E-state index in [-0.39, 0.29) is 39.5 Å². The van der Waals surface area contributed by atoms with Crippen LogP contribution in [-0.2, 0) is 11.1 Å². The number of hydrogen-bond acceptors (Lipinski definition) is 8. The Labute approximate surface area is 207 Å². The molecule has 4 N–H and O–H groups in total. The minimum absolute atomic E-state index is 0.0265. The minimum atomic E-state index is -2.39. The van der Waals surface area contributed by atoms with Gasteiger partial charge in [-0.15, -0.1) is 10.2 Å². The normalized spacial score (nSPS) is 11.6. The lowest BCUT2D eigenvalue weighted by atomic mass is 9.98. The maximum Gasteiger partial charge on any atom is 0.289 e. The fraction of sp³-hybridized carbons (Fsp3) is 0.375. The number of aromatic hydroxyl groups is 2. The summed E-state index contributed by atoms with van der Waals surface area (Å²) in [6.45, 7) is 12.3. The summed E-state index contributed by atoms with van der Waals surface area (Å²) in [6.07, 6.45) is 0. The molecule has 0 aliphatic heterocycles. The molecule has 0 bridgehead atoms. The van der Waals surface area contributed by atoms with E-state index in [0.29, 0.717) is 17.8 Å². The molecule has 3 rings (SSSR count). The molecule has 1 unspecified atom stereocenters. The average Bonchev–Trinajstić information content (AvgIpc) is 3.25. The van der Waals surface area contributed by atoms with Crippen LogP contribution in [0.25, 0.3) is 17.1 Å². The van der Waals surface area contributed by atoms with Gasteiger partial charge in [-0.2, -0.15) is 0 Å². The predicted molar refractivity (Wildman–Crippen MR) is 134 cm³/mol. The third-order valence-corrected chi connectivity index (χ3v) is 5.66. The zero-order valence-corrected chi connectivity index (χ0v) is 21.3. The van der Waals surface area contributed by atoms with Crippen molar-refractivity contribution in [1.29, 1.82) is 0 Å². The number of aromatic nitrogens is 3. The van der Waals surface area contributed by atoms with Crippen LogP contribution in [-0.4, -0.2) is 59.3 Å². The van der Waals surface area contributed by atoms with Crippen LogP contribution in [0.4, 0.5) is 0 Å². The van der Waals surface area contributed by atoms with Gasteiger partial charge in [-0.1, -0.05) is 27.7 Å². The second-order valence-electron chi connectivity index (χ2n) is 7.81. The molecule has 0 saturated carbocycles. The number of carbonyl (C=O) groups is 1. The second kappa shape index (κ2) is 13.0. The number of benzene rings is 2. The van der Waals surface area contributed by atoms with Gasteiger partial charge in [0.25, 0.3) is 5.91 Å². The summed E-state index contributed by atoms with van der Waals surface area (Å²) in [5.74, 6) is -0.646. The number of nitrogens with zero attached hydrogens (tertiary/aromatic N) is 3. The minimum Gasteiger partial charge on any atom is -0.768 e. The standard InChI is InChI=1S/C20H22N4O5S.C4H11N/c1-4-21-20(27)19-23-22-18(15-9-14(11(2)3)16(25)10-17(15)26)24(19)12-5-7-13(8-6-12)30(28)29;1-3-5-4-2/h5-11,25-26H,4H2,1-3H3,(H,21,27)(H,28,29);5H,3-4H2,1-2H3/p-1. The summed E-state index contributed by atoms with van der Waals surface area (Å²) in [6, 6.07) is 8.63. The number of hydrogen-bond donors (Lipinski definition) is 4. The van der Waals surface area contributed by atoms with Crippen molar-refractivity contribution in [3.05, 3.63) is 47.8 Å². The first-order valence-corrected chi connectivity index (χ1v) is 12.4. The Morgan fingerprint density at radius 2 is 1.66 bits per heavy atom. The molecule has 190 valence electrons. The predicted octanol–water partition coefficient (Wildman–Crippen LogP) is 3.07. The highest BCUT2D eigenvalue weighted by molar-refractivity contribution is 7.79. The van der Waals surface area contributed by atoms with E-state index in [1.807, 2.05) is 13.8 Å². The maximum atomic E-state index is 12.5. The fourth-order valence-corrected chi connectivity index (χ4v) is 3.64. The van der Waals surface area contributed by atoms with Crippen LogP contribution >= 0.6 is 0 Å². The van der Waals surface area contributed by atoms with Gasteiger partial charge >= 0.3 is 0 Å². The molecule has 35 heavy (non-hydrogen) atoms. The molecule has 3 aromatic rings. The lowest BCUT2D eigenvalue weighted by Crippen LogP contribution is -2.26. The Bertz CT molecular complexity index is 1160. The smallest absolute Gasteiger partial charge is 0.289 e. The second-order valence-corrected chi connectivity index (χ2v) is 8.75. The van der Waals surface area contributed by atoms with E-state index in [4.69, 9.17) is 0 Å². The van der Waals surface area contributed by atoms with Crippen molar-refractivity contribution in [3.8, 4) is 28.6 Å². The molecular formula is C24H32N5O5S-. The molecule has 0 spiro atoms. The van der Waals surface area contributed by atoms with E-state index in [0.717, 1.165) is 13.1 Å². The molecular weight excluding hydrogens is 470 g/mol. The van der Waals surface area contributed by atoms with Crippen molar-refractivity contribution in [2.24, 2.45) is 0 Å². The van der Waals surface area contributed by atoms with Crippen LogP contribution in [0.3, 0.4) is 0 Å². The zero-order chi connectivity index (χ0) is 26.1. The summed E-state index contributed by atoms with van der Waals surface area (Å²) in [5, 5.41) is 34.5. The lowest BCUT2D eigenvalue weighted by Gasteiger charge is -2.15. The van der Waals surface area contributed by atoms with E-state index in [9.17, 15) is 23.8 Å². The molecule has 0 saturated heterocycles. The summed E-state index contributed by atoms with van der Waals surface area (Å²) in [7, 11) is 0. The third-order valence-electron chi connectivity index (χ3n) is 5.00. The molecule has 11 heteroatoms. The lowest BCUT2D eigenvalue weighted by molar-refractivity contribution is 0.0943. The summed E-state index contributed by atoms with van der Waals surface area (Å²) in [5.41, 5.74) is 1.30. The first-order valence-electron chi connectivity index (χ1n) is 11.4. The molecule has 1 heterocycles. The van der Waals surface area contributed by atoms with Gasteiger partial charge in [-0.05, 0) is 72.9 Å². The highest BCUT2D eigenvalue weighted by Gasteiger charge is 2.24. The fourth-order valence-electron chi connectivity index (χ4n) is 3.28. The molecule has 0 aliphatic rings. The molecule has 1 aromatic heterocycles. The van der Waals surface area contributed by atoms with Crippen molar-refractivity contribution >= 4 is 17.0 Å². The van der Waals surface area contributed by atoms with Crippen LogP contribution in [0.2, 0.25) is 0 Å². The maximum absolute atomic E-state index is 12.5. The number of nitrogens with one attached hydrogen (secondary N) is 2. The van der Waals surface area contributed by atoms with Gasteiger partial charge in [0, 0.05) is 23.2 Å². The highest BCUT2D eigenvalue weighted by Crippen LogP contribution is 2.38. The number of phenolic OH excluding ortho intramolecular Hbond substituents is 2. The molecule has 1 amide bonds. The molecule has 0 fully saturated rings. The SMILES string of the molecule is CCNC(=O)c1nnc(-c2cc(C(C)C)c(O)cc2O)n1-c1ccc(S(=O)[O-])cc1.CCNCC. The van der Waals surface area contributed by atoms with E-state index in [2.05, 4.69) is 34.7 Å². The number of rotatable bonds is 8. The van der Waals surface area contributed by atoms with Crippen LogP contribution < -0.4 is 10.6 Å². The molecule has 1 atom stereocenters. The topological polar surface area (TPSA) is 152 Å². The van der Waals surface area contributed by atoms with Gasteiger partial charge in [0.05, 0.1) is 5.56 Å². The number of carbonyl (C=O) groups excluding carboxylic acids is 1. The van der Waals surface area contributed by atoms with Gasteiger partial charge in [0.15, 0.2) is 5.82 Å². The Morgan fingerprint density at radius 1 is 1.03 bits per heavy atom. The Morgan fingerprint density at radius 3 is 2.14 bits per heavy atom. The van der Waals surface area contributed by atoms with Crippen molar-refractivity contribution < 1.29 is 23.8 Å². The average molecular weight is 503 g/mol. The Balaban J connectivity index is 0.000000784. The summed E-state index contributed by atoms with van der Waals surface area (Å²) in [4.78, 5) is 12.6. The summed E-state index contributed by atoms with van der Waals surface area (Å²) >= 11 is -2.39. The van der Waals surface area contributed by atoms with E-state index >= 15 is 0 Å². The first kappa shape index (κ1) is 28.0. The van der Waals surface area contributed by atoms with E-state index in [1.165, 1.54) is 34.9 Å². The molecule has 0 radical (unpaired) electrons. The first-order chi connectivity index (χ1) is 16.7. The van der Waals surface area contributed by atoms with E-state index in [1.54, 1.807) is 13.0 Å². The summed E-state index contributed by atoms with van der Waals surface area (Å²) < 4.78 is 23.8. The Kier molecular flexibility index (Phi) is 10.4. The van der Waals surface area contributed by atoms with Crippen molar-refractivity contribution in [3.63, 3.8) is 0 Å². The van der Waals surface area contributed by atoms with Crippen LogP contribution in [0.5, 0.6) is 11.5 Å². The van der Waals surface area contributed by atoms with Crippen molar-refractivity contribution in [2.45, 2.75) is 45.4 Å². The van der Waals surface area contributed by atoms with Gasteiger partial charge < -0.3 is 25.4 Å². The third kappa shape index (κ3) is 6.87. The Hall–Kier alpha value is -3.28. The highest BCUT2D eigenvalue weighted by atomic mass is 32.2. The van der Waals surface area contributed by atoms with Crippen molar-refractivity contribution in [1.82, 2.24) is 25.4 Å².